The molecule has 8 heteroatoms. The average molecular weight is 394 g/mol. The Labute approximate surface area is 145 Å². The first-order chi connectivity index (χ1) is 11.4. The van der Waals surface area contributed by atoms with Gasteiger partial charge in [-0.2, -0.15) is 0 Å². The molecule has 0 saturated heterocycles. The number of rotatable bonds is 6. The largest absolute Gasteiger partial charge is 0.490 e. The summed E-state index contributed by atoms with van der Waals surface area (Å²) in [5, 5.41) is 11.0. The number of halogens is 1. The van der Waals surface area contributed by atoms with Crippen LogP contribution >= 0.6 is 15.9 Å². The van der Waals surface area contributed by atoms with Crippen molar-refractivity contribution >= 4 is 33.4 Å². The topological polar surface area (TPSA) is 95.7 Å². The van der Waals surface area contributed by atoms with Crippen molar-refractivity contribution in [2.24, 2.45) is 0 Å². The molecule has 2 aromatic rings. The molecule has 0 fully saturated rings. The van der Waals surface area contributed by atoms with Gasteiger partial charge in [-0.25, -0.2) is 4.79 Å². The van der Waals surface area contributed by atoms with Gasteiger partial charge in [0.1, 0.15) is 0 Å². The molecule has 24 heavy (non-hydrogen) atoms. The Hall–Kier alpha value is -2.74. The van der Waals surface area contributed by atoms with Crippen LogP contribution in [0.25, 0.3) is 0 Å². The summed E-state index contributed by atoms with van der Waals surface area (Å²) in [5.74, 6) is -1.18. The molecule has 0 aromatic heterocycles. The highest BCUT2D eigenvalue weighted by molar-refractivity contribution is 9.10. The van der Waals surface area contributed by atoms with Crippen LogP contribution in [0.5, 0.6) is 5.75 Å². The Morgan fingerprint density at radius 2 is 1.92 bits per heavy atom. The van der Waals surface area contributed by atoms with Crippen molar-refractivity contribution in [3.05, 3.63) is 68.2 Å². The molecule has 7 nitrogen and oxygen atoms in total. The number of benzene rings is 2. The van der Waals surface area contributed by atoms with Gasteiger partial charge in [-0.3, -0.25) is 14.9 Å². The highest BCUT2D eigenvalue weighted by Gasteiger charge is 2.19. The average Bonchev–Trinajstić information content (AvgIpc) is 2.58. The third kappa shape index (κ3) is 4.17. The van der Waals surface area contributed by atoms with Crippen molar-refractivity contribution in [3.8, 4) is 5.75 Å². The highest BCUT2D eigenvalue weighted by atomic mass is 79.9. The fourth-order valence-corrected chi connectivity index (χ4v) is 2.32. The molecule has 124 valence electrons. The summed E-state index contributed by atoms with van der Waals surface area (Å²) in [6.07, 6.45) is 0. The number of hydrogen-bond acceptors (Lipinski definition) is 6. The van der Waals surface area contributed by atoms with Crippen LogP contribution in [0.1, 0.15) is 20.7 Å². The first-order valence-corrected chi connectivity index (χ1v) is 7.50. The first kappa shape index (κ1) is 17.6. The van der Waals surface area contributed by atoms with E-state index in [-0.39, 0.29) is 22.8 Å². The molecule has 0 aliphatic heterocycles. The lowest BCUT2D eigenvalue weighted by Crippen LogP contribution is -2.14. The maximum absolute atomic E-state index is 12.0. The molecule has 0 amide bonds. The predicted molar refractivity (Wildman–Crippen MR) is 88.4 cm³/mol. The molecular weight excluding hydrogens is 382 g/mol. The summed E-state index contributed by atoms with van der Waals surface area (Å²) in [5.41, 5.74) is -0.00676. The predicted octanol–water partition coefficient (Wildman–Crippen LogP) is 3.41. The van der Waals surface area contributed by atoms with E-state index in [1.54, 1.807) is 24.3 Å². The standard InChI is InChI=1S/C16H12BrNO6/c1-23-15-6-5-11(8-13(15)18(21)22)16(20)24-9-14(19)10-3-2-4-12(17)7-10/h2-8H,9H2,1H3. The second-order valence-electron chi connectivity index (χ2n) is 4.65. The molecule has 2 rings (SSSR count). The van der Waals surface area contributed by atoms with E-state index in [1.807, 2.05) is 0 Å². The number of nitro groups is 1. The van der Waals surface area contributed by atoms with Crippen molar-refractivity contribution < 1.29 is 24.0 Å². The third-order valence-electron chi connectivity index (χ3n) is 3.09. The normalized spacial score (nSPS) is 10.1. The summed E-state index contributed by atoms with van der Waals surface area (Å²) in [4.78, 5) is 34.2. The minimum Gasteiger partial charge on any atom is -0.490 e. The number of nitrogens with zero attached hydrogens (tertiary/aromatic N) is 1. The minimum atomic E-state index is -0.830. The Bertz CT molecular complexity index is 805. The summed E-state index contributed by atoms with van der Waals surface area (Å²) in [6, 6.07) is 10.3. The van der Waals surface area contributed by atoms with Crippen molar-refractivity contribution in [2.45, 2.75) is 0 Å². The van der Waals surface area contributed by atoms with E-state index >= 15 is 0 Å². The first-order valence-electron chi connectivity index (χ1n) is 6.70. The van der Waals surface area contributed by atoms with Gasteiger partial charge in [-0.05, 0) is 24.3 Å². The van der Waals surface area contributed by atoms with Gasteiger partial charge in [0.2, 0.25) is 0 Å². The van der Waals surface area contributed by atoms with Gasteiger partial charge in [0, 0.05) is 16.1 Å². The second-order valence-corrected chi connectivity index (χ2v) is 5.57. The van der Waals surface area contributed by atoms with E-state index in [9.17, 15) is 19.7 Å². The van der Waals surface area contributed by atoms with Gasteiger partial charge in [-0.15, -0.1) is 0 Å². The number of methoxy groups -OCH3 is 1. The van der Waals surface area contributed by atoms with Gasteiger partial charge >= 0.3 is 11.7 Å². The van der Waals surface area contributed by atoms with Crippen LogP contribution < -0.4 is 4.74 Å². The lowest BCUT2D eigenvalue weighted by atomic mass is 10.1. The zero-order valence-electron chi connectivity index (χ0n) is 12.5. The smallest absolute Gasteiger partial charge is 0.338 e. The molecule has 0 unspecified atom stereocenters. The lowest BCUT2D eigenvalue weighted by Gasteiger charge is -2.06. The number of carbonyl (C=O) groups is 2. The van der Waals surface area contributed by atoms with Crippen molar-refractivity contribution in [2.75, 3.05) is 13.7 Å². The third-order valence-corrected chi connectivity index (χ3v) is 3.59. The van der Waals surface area contributed by atoms with E-state index in [2.05, 4.69) is 15.9 Å². The monoisotopic (exact) mass is 393 g/mol. The van der Waals surface area contributed by atoms with Crippen LogP contribution in [0, 0.1) is 10.1 Å². The molecule has 0 atom stereocenters. The quantitative estimate of drug-likeness (QED) is 0.323. The zero-order valence-corrected chi connectivity index (χ0v) is 14.1. The summed E-state index contributed by atoms with van der Waals surface area (Å²) in [6.45, 7) is -0.463. The molecule has 0 heterocycles. The molecule has 0 saturated carbocycles. The lowest BCUT2D eigenvalue weighted by molar-refractivity contribution is -0.385. The van der Waals surface area contributed by atoms with Gasteiger partial charge in [0.05, 0.1) is 17.6 Å². The van der Waals surface area contributed by atoms with Crippen molar-refractivity contribution in [1.29, 1.82) is 0 Å². The summed E-state index contributed by atoms with van der Waals surface area (Å²) in [7, 11) is 1.29. The van der Waals surface area contributed by atoms with Gasteiger partial charge < -0.3 is 9.47 Å². The number of nitro benzene ring substituents is 1. The molecule has 0 aliphatic carbocycles. The van der Waals surface area contributed by atoms with Gasteiger partial charge in [-0.1, -0.05) is 28.1 Å². The van der Waals surface area contributed by atoms with Gasteiger partial charge in [0.25, 0.3) is 0 Å². The Morgan fingerprint density at radius 3 is 2.54 bits per heavy atom. The Kier molecular flexibility index (Phi) is 5.64. The molecular formula is C16H12BrNO6. The number of hydrogen-bond donors (Lipinski definition) is 0. The maximum Gasteiger partial charge on any atom is 0.338 e. The number of esters is 1. The number of Topliss-reactive ketones (excluding diaryl/α,β-unsaturated/α-hetero) is 1. The van der Waals surface area contributed by atoms with Crippen LogP contribution in [0.4, 0.5) is 5.69 Å². The Balaban J connectivity index is 2.09. The van der Waals surface area contributed by atoms with E-state index in [1.165, 1.54) is 19.2 Å². The van der Waals surface area contributed by atoms with Crippen molar-refractivity contribution in [3.63, 3.8) is 0 Å². The number of ketones is 1. The highest BCUT2D eigenvalue weighted by Crippen LogP contribution is 2.27. The summed E-state index contributed by atoms with van der Waals surface area (Å²) < 4.78 is 10.5. The van der Waals surface area contributed by atoms with E-state index in [0.29, 0.717) is 5.56 Å². The van der Waals surface area contributed by atoms with E-state index in [4.69, 9.17) is 9.47 Å². The van der Waals surface area contributed by atoms with Crippen LogP contribution in [0.3, 0.4) is 0 Å². The fourth-order valence-electron chi connectivity index (χ4n) is 1.92. The van der Waals surface area contributed by atoms with Crippen LogP contribution in [-0.4, -0.2) is 30.4 Å². The molecule has 0 radical (unpaired) electrons. The van der Waals surface area contributed by atoms with Crippen molar-refractivity contribution in [1.82, 2.24) is 0 Å². The zero-order chi connectivity index (χ0) is 17.7. The van der Waals surface area contributed by atoms with Gasteiger partial charge in [0.15, 0.2) is 18.1 Å². The minimum absolute atomic E-state index is 0.0294. The van der Waals surface area contributed by atoms with E-state index in [0.717, 1.165) is 10.5 Å². The maximum atomic E-state index is 12.0. The fraction of sp³-hybridized carbons (Fsp3) is 0.125. The molecule has 0 spiro atoms. The van der Waals surface area contributed by atoms with Crippen LogP contribution in [0.15, 0.2) is 46.9 Å². The Morgan fingerprint density at radius 1 is 1.17 bits per heavy atom. The molecule has 0 aliphatic rings. The second kappa shape index (κ2) is 7.69. The van der Waals surface area contributed by atoms with Crippen LogP contribution in [-0.2, 0) is 4.74 Å². The van der Waals surface area contributed by atoms with E-state index < -0.39 is 17.5 Å². The number of carbonyl (C=O) groups excluding carboxylic acids is 2. The van der Waals surface area contributed by atoms with Crippen LogP contribution in [0.2, 0.25) is 0 Å². The number of ether oxygens (including phenoxy) is 2. The molecule has 0 N–H and O–H groups in total. The SMILES string of the molecule is COc1ccc(C(=O)OCC(=O)c2cccc(Br)c2)cc1[N+](=O)[O-]. The molecule has 2 aromatic carbocycles. The molecule has 0 bridgehead atoms. The summed E-state index contributed by atoms with van der Waals surface area (Å²) >= 11 is 3.25.